The highest BCUT2D eigenvalue weighted by Gasteiger charge is 2.15. The molecule has 0 bridgehead atoms. The average molecular weight is 480 g/mol. The first-order valence-corrected chi connectivity index (χ1v) is 10.9. The van der Waals surface area contributed by atoms with Crippen LogP contribution in [0.1, 0.15) is 28.1 Å². The molecule has 0 aliphatic carbocycles. The first kappa shape index (κ1) is 23.2. The topological polar surface area (TPSA) is 104 Å². The molecule has 1 atom stereocenters. The summed E-state index contributed by atoms with van der Waals surface area (Å²) >= 11 is 7.43. The van der Waals surface area contributed by atoms with Gasteiger partial charge in [0.2, 0.25) is 0 Å². The van der Waals surface area contributed by atoms with Gasteiger partial charge in [-0.05, 0) is 37.9 Å². The molecule has 0 unspecified atom stereocenters. The van der Waals surface area contributed by atoms with Crippen molar-refractivity contribution in [3.63, 3.8) is 0 Å². The molecular formula is C20H23Cl2N7OS. The van der Waals surface area contributed by atoms with Crippen LogP contribution >= 0.6 is 35.3 Å². The van der Waals surface area contributed by atoms with Crippen LogP contribution < -0.4 is 21.3 Å². The van der Waals surface area contributed by atoms with E-state index in [0.29, 0.717) is 38.4 Å². The van der Waals surface area contributed by atoms with Crippen LogP contribution in [-0.2, 0) is 0 Å². The Labute approximate surface area is 195 Å². The van der Waals surface area contributed by atoms with E-state index in [1.807, 2.05) is 19.1 Å². The lowest BCUT2D eigenvalue weighted by Gasteiger charge is -2.24. The molecule has 164 valence electrons. The van der Waals surface area contributed by atoms with Gasteiger partial charge in [-0.15, -0.1) is 12.4 Å². The van der Waals surface area contributed by atoms with Crippen LogP contribution in [0.4, 0.5) is 22.5 Å². The van der Waals surface area contributed by atoms with Crippen molar-refractivity contribution >= 4 is 63.7 Å². The Kier molecular flexibility index (Phi) is 8.03. The van der Waals surface area contributed by atoms with Crippen LogP contribution in [0.3, 0.4) is 0 Å². The molecule has 1 aromatic carbocycles. The van der Waals surface area contributed by atoms with Gasteiger partial charge in [0.25, 0.3) is 5.91 Å². The second-order valence-corrected chi connectivity index (χ2v) is 8.46. The van der Waals surface area contributed by atoms with E-state index in [1.165, 1.54) is 17.5 Å². The number of amides is 1. The van der Waals surface area contributed by atoms with Gasteiger partial charge in [-0.2, -0.15) is 0 Å². The predicted molar refractivity (Wildman–Crippen MR) is 128 cm³/mol. The first-order chi connectivity index (χ1) is 14.6. The van der Waals surface area contributed by atoms with Crippen LogP contribution in [0, 0.1) is 6.92 Å². The van der Waals surface area contributed by atoms with Crippen molar-refractivity contribution in [1.29, 1.82) is 0 Å². The van der Waals surface area contributed by atoms with Crippen LogP contribution in [0.15, 0.2) is 36.8 Å². The summed E-state index contributed by atoms with van der Waals surface area (Å²) in [6, 6.07) is 5.82. The smallest absolute Gasteiger partial charge is 0.267 e. The van der Waals surface area contributed by atoms with E-state index in [4.69, 9.17) is 11.6 Å². The van der Waals surface area contributed by atoms with Crippen LogP contribution in [0.25, 0.3) is 0 Å². The Morgan fingerprint density at radius 1 is 1.26 bits per heavy atom. The monoisotopic (exact) mass is 479 g/mol. The third-order valence-electron chi connectivity index (χ3n) is 4.71. The van der Waals surface area contributed by atoms with Crippen molar-refractivity contribution in [2.75, 3.05) is 29.0 Å². The number of carbonyl (C=O) groups excluding carboxylic acids is 1. The Bertz CT molecular complexity index is 1020. The molecule has 11 heteroatoms. The van der Waals surface area contributed by atoms with Crippen LogP contribution in [0.2, 0.25) is 5.02 Å². The van der Waals surface area contributed by atoms with E-state index < -0.39 is 0 Å². The van der Waals surface area contributed by atoms with E-state index >= 15 is 0 Å². The minimum Gasteiger partial charge on any atom is -0.365 e. The summed E-state index contributed by atoms with van der Waals surface area (Å²) in [6.45, 7) is 3.86. The number of rotatable bonds is 6. The third kappa shape index (κ3) is 6.04. The van der Waals surface area contributed by atoms with Gasteiger partial charge in [0.15, 0.2) is 10.9 Å². The van der Waals surface area contributed by atoms with E-state index in [9.17, 15) is 4.79 Å². The van der Waals surface area contributed by atoms with Crippen molar-refractivity contribution in [3.05, 3.63) is 52.3 Å². The van der Waals surface area contributed by atoms with Gasteiger partial charge in [0.05, 0.1) is 29.3 Å². The zero-order valence-corrected chi connectivity index (χ0v) is 19.2. The normalized spacial score (nSPS) is 15.6. The molecule has 1 aliphatic heterocycles. The number of aromatic nitrogens is 3. The second-order valence-electron chi connectivity index (χ2n) is 7.02. The van der Waals surface area contributed by atoms with Gasteiger partial charge in [0, 0.05) is 12.6 Å². The van der Waals surface area contributed by atoms with Gasteiger partial charge in [0.1, 0.15) is 10.7 Å². The van der Waals surface area contributed by atoms with Crippen molar-refractivity contribution in [2.24, 2.45) is 0 Å². The average Bonchev–Trinajstić information content (AvgIpc) is 3.20. The summed E-state index contributed by atoms with van der Waals surface area (Å²) in [5.41, 5.74) is 1.50. The lowest BCUT2D eigenvalue weighted by molar-refractivity contribution is 0.103. The molecule has 1 aliphatic rings. The summed E-state index contributed by atoms with van der Waals surface area (Å²) in [6.07, 6.45) is 7.09. The number of anilines is 4. The lowest BCUT2D eigenvalue weighted by Crippen LogP contribution is -2.38. The number of aryl methyl sites for hydroxylation is 1. The SMILES string of the molecule is Cc1cccc(Cl)c1NC(=O)c1cnc(Nc2cncc(N[C@H]3CCCNC3)n2)s1.Cl. The Morgan fingerprint density at radius 2 is 2.10 bits per heavy atom. The minimum atomic E-state index is -0.261. The maximum Gasteiger partial charge on any atom is 0.267 e. The highest BCUT2D eigenvalue weighted by molar-refractivity contribution is 7.17. The number of para-hydroxylation sites is 1. The fraction of sp³-hybridized carbons (Fsp3) is 0.300. The number of carbonyl (C=O) groups is 1. The fourth-order valence-electron chi connectivity index (χ4n) is 3.19. The molecule has 0 radical (unpaired) electrons. The van der Waals surface area contributed by atoms with Crippen molar-refractivity contribution in [2.45, 2.75) is 25.8 Å². The highest BCUT2D eigenvalue weighted by Crippen LogP contribution is 2.28. The number of piperidine rings is 1. The number of halogens is 2. The molecule has 4 N–H and O–H groups in total. The summed E-state index contributed by atoms with van der Waals surface area (Å²) in [5, 5.41) is 13.8. The van der Waals surface area contributed by atoms with Crippen molar-refractivity contribution in [1.82, 2.24) is 20.3 Å². The van der Waals surface area contributed by atoms with Crippen molar-refractivity contribution in [3.8, 4) is 0 Å². The molecule has 1 amide bonds. The van der Waals surface area contributed by atoms with E-state index in [0.717, 1.165) is 31.5 Å². The first-order valence-electron chi connectivity index (χ1n) is 9.67. The number of benzene rings is 1. The van der Waals surface area contributed by atoms with Gasteiger partial charge in [-0.1, -0.05) is 35.1 Å². The summed E-state index contributed by atoms with van der Waals surface area (Å²) in [5.74, 6) is 1.01. The lowest BCUT2D eigenvalue weighted by atomic mass is 10.1. The third-order valence-corrected chi connectivity index (χ3v) is 5.93. The summed E-state index contributed by atoms with van der Waals surface area (Å²) < 4.78 is 0. The zero-order valence-electron chi connectivity index (χ0n) is 16.8. The van der Waals surface area contributed by atoms with Gasteiger partial charge >= 0.3 is 0 Å². The quantitative estimate of drug-likeness (QED) is 0.413. The molecule has 1 saturated heterocycles. The fourth-order valence-corrected chi connectivity index (χ4v) is 4.18. The van der Waals surface area contributed by atoms with Gasteiger partial charge < -0.3 is 21.3 Å². The van der Waals surface area contributed by atoms with Gasteiger partial charge in [-0.3, -0.25) is 9.78 Å². The highest BCUT2D eigenvalue weighted by atomic mass is 35.5. The zero-order chi connectivity index (χ0) is 20.9. The Morgan fingerprint density at radius 3 is 2.87 bits per heavy atom. The molecular weight excluding hydrogens is 457 g/mol. The summed E-state index contributed by atoms with van der Waals surface area (Å²) in [7, 11) is 0. The Hall–Kier alpha value is -2.46. The standard InChI is InChI=1S/C20H22ClN7OS.ClH/c1-12-4-2-6-14(21)18(12)28-19(29)15-9-24-20(30-15)27-17-11-23-10-16(26-17)25-13-5-3-7-22-8-13;/h2,4,6,9-11,13,22H,3,5,7-8H2,1H3,(H,28,29)(H2,24,25,26,27);1H/t13-;/m0./s1. The second kappa shape index (κ2) is 10.7. The number of thiazole rings is 1. The molecule has 1 fully saturated rings. The predicted octanol–water partition coefficient (Wildman–Crippen LogP) is 4.48. The number of nitrogens with one attached hydrogen (secondary N) is 4. The molecule has 3 aromatic rings. The largest absolute Gasteiger partial charge is 0.365 e. The maximum atomic E-state index is 12.6. The van der Waals surface area contributed by atoms with Crippen molar-refractivity contribution < 1.29 is 4.79 Å². The molecule has 4 rings (SSSR count). The molecule has 3 heterocycles. The minimum absolute atomic E-state index is 0. The van der Waals surface area contributed by atoms with Gasteiger partial charge in [-0.25, -0.2) is 9.97 Å². The number of hydrogen-bond acceptors (Lipinski definition) is 8. The molecule has 8 nitrogen and oxygen atoms in total. The summed E-state index contributed by atoms with van der Waals surface area (Å²) in [4.78, 5) is 26.1. The molecule has 0 saturated carbocycles. The van der Waals surface area contributed by atoms with Crippen LogP contribution in [0.5, 0.6) is 0 Å². The number of hydrogen-bond donors (Lipinski definition) is 4. The van der Waals surface area contributed by atoms with E-state index in [2.05, 4.69) is 36.2 Å². The molecule has 0 spiro atoms. The molecule has 31 heavy (non-hydrogen) atoms. The number of nitrogens with zero attached hydrogens (tertiary/aromatic N) is 3. The van der Waals surface area contributed by atoms with E-state index in [1.54, 1.807) is 18.5 Å². The Balaban J connectivity index is 0.00000272. The van der Waals surface area contributed by atoms with E-state index in [-0.39, 0.29) is 18.3 Å². The van der Waals surface area contributed by atoms with Crippen LogP contribution in [-0.4, -0.2) is 40.0 Å². The maximum absolute atomic E-state index is 12.6. The molecule has 2 aromatic heterocycles.